The quantitative estimate of drug-likeness (QED) is 0.675. The normalized spacial score (nSPS) is 16.0. The molecule has 1 amide bonds. The number of hydrogen-bond acceptors (Lipinski definition) is 7. The second-order valence-electron chi connectivity index (χ2n) is 6.25. The first-order valence-electron chi connectivity index (χ1n) is 8.51. The molecule has 3 N–H and O–H groups in total. The van der Waals surface area contributed by atoms with E-state index in [0.29, 0.717) is 12.2 Å². The summed E-state index contributed by atoms with van der Waals surface area (Å²) in [5.74, 6) is 1.43. The fourth-order valence-electron chi connectivity index (χ4n) is 3.08. The van der Waals surface area contributed by atoms with Gasteiger partial charge >= 0.3 is 0 Å². The number of carbonyl (C=O) groups is 1. The molecule has 0 saturated carbocycles. The lowest BCUT2D eigenvalue weighted by molar-refractivity contribution is 0.0933. The summed E-state index contributed by atoms with van der Waals surface area (Å²) in [5, 5.41) is 5.60. The molecule has 1 aliphatic rings. The number of aromatic nitrogens is 1. The first-order chi connectivity index (χ1) is 12.6. The molecule has 1 fully saturated rings. The van der Waals surface area contributed by atoms with Gasteiger partial charge in [-0.3, -0.25) is 9.69 Å². The van der Waals surface area contributed by atoms with E-state index in [4.69, 9.17) is 15.2 Å². The van der Waals surface area contributed by atoms with Crippen LogP contribution < -0.4 is 20.5 Å². The van der Waals surface area contributed by atoms with Crippen molar-refractivity contribution in [3.63, 3.8) is 0 Å². The summed E-state index contributed by atoms with van der Waals surface area (Å²) in [6.45, 7) is 2.88. The third kappa shape index (κ3) is 6.22. The number of likely N-dealkylation sites (tertiary alicyclic amines) is 1. The maximum atomic E-state index is 12.3. The van der Waals surface area contributed by atoms with Gasteiger partial charge in [0.25, 0.3) is 5.91 Å². The number of ether oxygens (including phenoxy) is 2. The minimum absolute atomic E-state index is 0. The van der Waals surface area contributed by atoms with E-state index < -0.39 is 0 Å². The summed E-state index contributed by atoms with van der Waals surface area (Å²) in [4.78, 5) is 18.8. The Morgan fingerprint density at radius 1 is 1.29 bits per heavy atom. The average molecular weight is 449 g/mol. The topological polar surface area (TPSA) is 89.7 Å². The van der Waals surface area contributed by atoms with Crippen LogP contribution in [0.3, 0.4) is 0 Å². The SMILES string of the molecule is COc1cc(CN2CCC(NC(=O)c3csc(CN)n3)C2)cc(OC)c1.Cl.Cl. The van der Waals surface area contributed by atoms with Gasteiger partial charge in [0, 0.05) is 43.7 Å². The van der Waals surface area contributed by atoms with E-state index in [0.717, 1.165) is 48.1 Å². The molecular formula is C18H26Cl2N4O3S. The number of rotatable bonds is 7. The summed E-state index contributed by atoms with van der Waals surface area (Å²) >= 11 is 1.41. The molecule has 0 radical (unpaired) electrons. The van der Waals surface area contributed by atoms with Gasteiger partial charge in [-0.05, 0) is 24.1 Å². The van der Waals surface area contributed by atoms with Crippen molar-refractivity contribution < 1.29 is 14.3 Å². The van der Waals surface area contributed by atoms with Gasteiger partial charge in [-0.25, -0.2) is 4.98 Å². The molecule has 28 heavy (non-hydrogen) atoms. The smallest absolute Gasteiger partial charge is 0.271 e. The van der Waals surface area contributed by atoms with E-state index in [1.165, 1.54) is 11.3 Å². The molecule has 0 spiro atoms. The van der Waals surface area contributed by atoms with Crippen LogP contribution in [0.5, 0.6) is 11.5 Å². The minimum atomic E-state index is -0.129. The number of nitrogens with zero attached hydrogens (tertiary/aromatic N) is 2. The van der Waals surface area contributed by atoms with Crippen molar-refractivity contribution in [3.05, 3.63) is 39.8 Å². The van der Waals surface area contributed by atoms with Crippen LogP contribution in [0.25, 0.3) is 0 Å². The minimum Gasteiger partial charge on any atom is -0.497 e. The van der Waals surface area contributed by atoms with Crippen LogP contribution in [-0.4, -0.2) is 49.1 Å². The van der Waals surface area contributed by atoms with Crippen molar-refractivity contribution in [2.75, 3.05) is 27.3 Å². The summed E-state index contributed by atoms with van der Waals surface area (Å²) < 4.78 is 10.7. The van der Waals surface area contributed by atoms with Crippen molar-refractivity contribution >= 4 is 42.1 Å². The molecule has 1 unspecified atom stereocenters. The summed E-state index contributed by atoms with van der Waals surface area (Å²) in [5.41, 5.74) is 7.13. The fraction of sp³-hybridized carbons (Fsp3) is 0.444. The molecule has 7 nitrogen and oxygen atoms in total. The van der Waals surface area contributed by atoms with Crippen molar-refractivity contribution in [3.8, 4) is 11.5 Å². The second-order valence-corrected chi connectivity index (χ2v) is 7.19. The van der Waals surface area contributed by atoms with Crippen LogP contribution in [0, 0.1) is 0 Å². The predicted molar refractivity (Wildman–Crippen MR) is 115 cm³/mol. The number of methoxy groups -OCH3 is 2. The van der Waals surface area contributed by atoms with E-state index in [2.05, 4.69) is 15.2 Å². The van der Waals surface area contributed by atoms with Crippen LogP contribution >= 0.6 is 36.2 Å². The standard InChI is InChI=1S/C18H24N4O3S.2ClH/c1-24-14-5-12(6-15(7-14)25-2)9-22-4-3-13(10-22)20-18(23)16-11-26-17(8-19)21-16;;/h5-7,11,13H,3-4,8-10,19H2,1-2H3,(H,20,23);2*1H. The van der Waals surface area contributed by atoms with E-state index in [1.807, 2.05) is 18.2 Å². The number of amides is 1. The molecule has 1 atom stereocenters. The van der Waals surface area contributed by atoms with Crippen LogP contribution in [0.2, 0.25) is 0 Å². The Morgan fingerprint density at radius 3 is 2.54 bits per heavy atom. The third-order valence-electron chi connectivity index (χ3n) is 4.38. The molecule has 0 bridgehead atoms. The Bertz CT molecular complexity index is 753. The van der Waals surface area contributed by atoms with Crippen LogP contribution in [0.15, 0.2) is 23.6 Å². The molecule has 10 heteroatoms. The molecular weight excluding hydrogens is 423 g/mol. The van der Waals surface area contributed by atoms with Crippen molar-refractivity contribution in [2.45, 2.75) is 25.6 Å². The van der Waals surface area contributed by atoms with Crippen LogP contribution in [-0.2, 0) is 13.1 Å². The molecule has 2 aromatic rings. The number of thiazole rings is 1. The number of benzene rings is 1. The van der Waals surface area contributed by atoms with Crippen LogP contribution in [0.4, 0.5) is 0 Å². The van der Waals surface area contributed by atoms with Gasteiger partial charge in [-0.15, -0.1) is 36.2 Å². The van der Waals surface area contributed by atoms with E-state index in [1.54, 1.807) is 19.6 Å². The third-order valence-corrected chi connectivity index (χ3v) is 5.26. The highest BCUT2D eigenvalue weighted by Crippen LogP contribution is 2.24. The van der Waals surface area contributed by atoms with E-state index in [-0.39, 0.29) is 36.8 Å². The number of carbonyl (C=O) groups excluding carboxylic acids is 1. The molecule has 1 saturated heterocycles. The second kappa shape index (κ2) is 11.4. The van der Waals surface area contributed by atoms with Crippen molar-refractivity contribution in [1.29, 1.82) is 0 Å². The average Bonchev–Trinajstić information content (AvgIpc) is 3.30. The largest absolute Gasteiger partial charge is 0.497 e. The Balaban J connectivity index is 0.00000196. The molecule has 0 aliphatic carbocycles. The van der Waals surface area contributed by atoms with Gasteiger partial charge in [0.2, 0.25) is 0 Å². The highest BCUT2D eigenvalue weighted by molar-refractivity contribution is 7.09. The zero-order valence-corrected chi connectivity index (χ0v) is 18.3. The van der Waals surface area contributed by atoms with Gasteiger partial charge in [-0.1, -0.05) is 0 Å². The maximum absolute atomic E-state index is 12.3. The highest BCUT2D eigenvalue weighted by Gasteiger charge is 2.25. The zero-order valence-electron chi connectivity index (χ0n) is 15.8. The number of nitrogens with one attached hydrogen (secondary N) is 1. The van der Waals surface area contributed by atoms with E-state index >= 15 is 0 Å². The Kier molecular flexibility index (Phi) is 9.98. The lowest BCUT2D eigenvalue weighted by atomic mass is 10.2. The molecule has 3 rings (SSSR count). The molecule has 1 aromatic heterocycles. The summed E-state index contributed by atoms with van der Waals surface area (Å²) in [7, 11) is 3.29. The Morgan fingerprint density at radius 2 is 1.96 bits per heavy atom. The van der Waals surface area contributed by atoms with Gasteiger partial charge in [0.05, 0.1) is 14.2 Å². The van der Waals surface area contributed by atoms with Gasteiger partial charge in [-0.2, -0.15) is 0 Å². The van der Waals surface area contributed by atoms with Gasteiger partial charge in [0.1, 0.15) is 22.2 Å². The van der Waals surface area contributed by atoms with Gasteiger partial charge < -0.3 is 20.5 Å². The lowest BCUT2D eigenvalue weighted by Gasteiger charge is -2.17. The molecule has 1 aliphatic heterocycles. The summed E-state index contributed by atoms with van der Waals surface area (Å²) in [6.07, 6.45) is 0.917. The highest BCUT2D eigenvalue weighted by atomic mass is 35.5. The molecule has 2 heterocycles. The first-order valence-corrected chi connectivity index (χ1v) is 9.39. The maximum Gasteiger partial charge on any atom is 0.271 e. The number of nitrogens with two attached hydrogens (primary N) is 1. The number of hydrogen-bond donors (Lipinski definition) is 2. The Hall–Kier alpha value is -1.58. The fourth-order valence-corrected chi connectivity index (χ4v) is 3.73. The van der Waals surface area contributed by atoms with Crippen LogP contribution in [0.1, 0.15) is 27.5 Å². The zero-order chi connectivity index (χ0) is 18.5. The molecule has 1 aromatic carbocycles. The van der Waals surface area contributed by atoms with Gasteiger partial charge in [0.15, 0.2) is 0 Å². The predicted octanol–water partition coefficient (Wildman–Crippen LogP) is 2.47. The monoisotopic (exact) mass is 448 g/mol. The number of halogens is 2. The van der Waals surface area contributed by atoms with Crippen molar-refractivity contribution in [1.82, 2.24) is 15.2 Å². The first kappa shape index (κ1) is 24.5. The van der Waals surface area contributed by atoms with E-state index in [9.17, 15) is 4.79 Å². The molecule has 156 valence electrons. The Labute approximate surface area is 181 Å². The lowest BCUT2D eigenvalue weighted by Crippen LogP contribution is -2.37. The summed E-state index contributed by atoms with van der Waals surface area (Å²) in [6, 6.07) is 6.01. The van der Waals surface area contributed by atoms with Crippen molar-refractivity contribution in [2.24, 2.45) is 5.73 Å².